The molecule has 0 N–H and O–H groups in total. The average molecular weight is 722 g/mol. The van der Waals surface area contributed by atoms with E-state index in [1.165, 1.54) is 0 Å². The van der Waals surface area contributed by atoms with Crippen molar-refractivity contribution < 1.29 is 51.0 Å². The van der Waals surface area contributed by atoms with E-state index in [0.717, 1.165) is 34.7 Å². The van der Waals surface area contributed by atoms with Gasteiger partial charge in [0.05, 0.1) is 24.5 Å². The molecule has 0 saturated carbocycles. The summed E-state index contributed by atoms with van der Waals surface area (Å²) in [6.45, 7) is 1.18. The van der Waals surface area contributed by atoms with Crippen LogP contribution in [0.4, 0.5) is 11.4 Å². The Morgan fingerprint density at radius 1 is 0.564 bits per heavy atom. The van der Waals surface area contributed by atoms with Crippen LogP contribution in [-0.4, -0.2) is 126 Å². The predicted molar refractivity (Wildman–Crippen MR) is 154 cm³/mol. The Balaban J connectivity index is -0.000000617. The molecular formula is C26H46Br2CuN10. The molecule has 0 saturated heterocycles. The first-order valence-electron chi connectivity index (χ1n) is 11.9. The van der Waals surface area contributed by atoms with Crippen molar-refractivity contribution in [2.75, 3.05) is 94.4 Å². The molecule has 0 aromatic carbocycles. The number of pyridine rings is 2. The summed E-state index contributed by atoms with van der Waals surface area (Å²) in [6.07, 6.45) is 3.65. The van der Waals surface area contributed by atoms with Gasteiger partial charge in [-0.2, -0.15) is 0 Å². The summed E-state index contributed by atoms with van der Waals surface area (Å²) in [7, 11) is 24.0. The van der Waals surface area contributed by atoms with Crippen LogP contribution in [0.25, 0.3) is 0 Å². The summed E-state index contributed by atoms with van der Waals surface area (Å²) in [5, 5.41) is 0. The molecule has 2 rings (SSSR count). The monoisotopic (exact) mass is 719 g/mol. The van der Waals surface area contributed by atoms with E-state index < -0.39 is 0 Å². The zero-order valence-corrected chi connectivity index (χ0v) is 29.5. The topological polar surface area (TPSA) is 69.9 Å². The average Bonchev–Trinajstić information content (AvgIpc) is 2.79. The molecule has 225 valence electrons. The molecule has 0 aliphatic carbocycles. The van der Waals surface area contributed by atoms with Gasteiger partial charge in [0.2, 0.25) is 0 Å². The normalized spacial score (nSPS) is 9.13. The molecule has 1 radical (unpaired) electrons. The van der Waals surface area contributed by atoms with Gasteiger partial charge in [-0.1, -0.05) is 0 Å². The summed E-state index contributed by atoms with van der Waals surface area (Å²) in [5.41, 5.74) is 4.24. The summed E-state index contributed by atoms with van der Waals surface area (Å²) in [4.78, 5) is 30.0. The number of guanidine groups is 2. The minimum Gasteiger partial charge on any atom is -1.00 e. The molecule has 0 unspecified atom stereocenters. The molecule has 0 bridgehead atoms. The fourth-order valence-electron chi connectivity index (χ4n) is 3.33. The van der Waals surface area contributed by atoms with E-state index in [0.29, 0.717) is 13.1 Å². The minimum absolute atomic E-state index is 0. The van der Waals surface area contributed by atoms with Crippen LogP contribution in [0.3, 0.4) is 0 Å². The van der Waals surface area contributed by atoms with Crippen LogP contribution in [0.2, 0.25) is 0 Å². The predicted octanol–water partition coefficient (Wildman–Crippen LogP) is -3.74. The fourth-order valence-corrected chi connectivity index (χ4v) is 3.33. The van der Waals surface area contributed by atoms with E-state index in [1.54, 1.807) is 0 Å². The van der Waals surface area contributed by atoms with Crippen molar-refractivity contribution in [2.45, 2.75) is 13.1 Å². The van der Waals surface area contributed by atoms with Crippen LogP contribution < -0.4 is 43.8 Å². The molecule has 0 aliphatic heterocycles. The summed E-state index contributed by atoms with van der Waals surface area (Å²) >= 11 is 0. The number of nitrogens with zero attached hydrogens (tertiary/aromatic N) is 10. The molecule has 0 atom stereocenters. The molecule has 2 heterocycles. The van der Waals surface area contributed by atoms with Gasteiger partial charge in [-0.3, -0.25) is 9.97 Å². The van der Waals surface area contributed by atoms with Crippen LogP contribution in [0.5, 0.6) is 0 Å². The Morgan fingerprint density at radius 2 is 0.846 bits per heavy atom. The van der Waals surface area contributed by atoms with E-state index >= 15 is 0 Å². The van der Waals surface area contributed by atoms with Crippen LogP contribution in [0, 0.1) is 0 Å². The third-order valence-electron chi connectivity index (χ3n) is 5.00. The number of hydrogen-bond donors (Lipinski definition) is 0. The van der Waals surface area contributed by atoms with Gasteiger partial charge < -0.3 is 63.4 Å². The van der Waals surface area contributed by atoms with Crippen molar-refractivity contribution >= 4 is 23.3 Å². The summed E-state index contributed by atoms with van der Waals surface area (Å²) < 4.78 is 0. The Labute approximate surface area is 268 Å². The van der Waals surface area contributed by atoms with E-state index in [4.69, 9.17) is 0 Å². The van der Waals surface area contributed by atoms with E-state index in [1.807, 2.05) is 129 Å². The molecule has 0 spiro atoms. The molecule has 2 aromatic heterocycles. The van der Waals surface area contributed by atoms with Crippen molar-refractivity contribution in [1.29, 1.82) is 0 Å². The van der Waals surface area contributed by atoms with Gasteiger partial charge in [0.1, 0.15) is 0 Å². The van der Waals surface area contributed by atoms with Gasteiger partial charge in [0.25, 0.3) is 0 Å². The van der Waals surface area contributed by atoms with Gasteiger partial charge in [-0.05, 0) is 24.3 Å². The largest absolute Gasteiger partial charge is 2.00 e. The summed E-state index contributed by atoms with van der Waals surface area (Å²) in [5.74, 6) is 1.87. The number of halogens is 2. The van der Waals surface area contributed by atoms with Crippen LogP contribution in [-0.2, 0) is 30.2 Å². The van der Waals surface area contributed by atoms with Crippen LogP contribution in [0.1, 0.15) is 11.4 Å². The van der Waals surface area contributed by atoms with Gasteiger partial charge in [-0.15, -0.1) is 0 Å². The quantitative estimate of drug-likeness (QED) is 0.172. The molecule has 0 amide bonds. The second kappa shape index (κ2) is 20.8. The number of anilines is 2. The SMILES string of the molecule is CN(C)C(=NCc1cc(N(C)C)ccn1)N(C)C.CN(C)C(=NCc1cc(N(C)C)ccn1)N(C)C.[Br-].[Br-].[Cu+2]. The van der Waals surface area contributed by atoms with Gasteiger partial charge >= 0.3 is 17.1 Å². The first-order chi connectivity index (χ1) is 16.8. The van der Waals surface area contributed by atoms with Crippen molar-refractivity contribution in [1.82, 2.24) is 29.6 Å². The zero-order valence-electron chi connectivity index (χ0n) is 25.4. The van der Waals surface area contributed by atoms with Crippen molar-refractivity contribution in [3.8, 4) is 0 Å². The van der Waals surface area contributed by atoms with Gasteiger partial charge in [0.15, 0.2) is 11.9 Å². The molecule has 13 heteroatoms. The Bertz CT molecular complexity index is 897. The van der Waals surface area contributed by atoms with Crippen LogP contribution in [0.15, 0.2) is 46.6 Å². The molecule has 0 fully saturated rings. The molecular weight excluding hydrogens is 676 g/mol. The minimum atomic E-state index is 0. The number of aromatic nitrogens is 2. The number of aliphatic imine (C=N–C) groups is 2. The Hall–Kier alpha value is -2.08. The standard InChI is InChI=1S/2C13H23N5.2BrH.Cu/c2*1-16(2)12-7-8-14-11(9-12)10-15-13(17(3)4)18(5)6;;;/h2*7-9H,10H2,1-6H3;2*1H;/q;;;;+2/p-2. The van der Waals surface area contributed by atoms with Gasteiger partial charge in [-0.25, -0.2) is 9.98 Å². The van der Waals surface area contributed by atoms with E-state index in [2.05, 4.69) is 41.9 Å². The number of hydrogen-bond acceptors (Lipinski definition) is 6. The fraction of sp³-hybridized carbons (Fsp3) is 0.538. The van der Waals surface area contributed by atoms with Crippen molar-refractivity contribution in [3.05, 3.63) is 48.0 Å². The first kappa shape index (κ1) is 41.4. The maximum Gasteiger partial charge on any atom is 2.00 e. The second-order valence-corrected chi connectivity index (χ2v) is 9.61. The zero-order chi connectivity index (χ0) is 27.4. The second-order valence-electron chi connectivity index (χ2n) is 9.61. The molecule has 39 heavy (non-hydrogen) atoms. The Morgan fingerprint density at radius 3 is 1.08 bits per heavy atom. The third kappa shape index (κ3) is 15.3. The third-order valence-corrected chi connectivity index (χ3v) is 5.00. The molecule has 10 nitrogen and oxygen atoms in total. The van der Waals surface area contributed by atoms with Crippen molar-refractivity contribution in [2.24, 2.45) is 9.98 Å². The van der Waals surface area contributed by atoms with E-state index in [9.17, 15) is 0 Å². The smallest absolute Gasteiger partial charge is 1.00 e. The maximum absolute atomic E-state index is 4.58. The first-order valence-corrected chi connectivity index (χ1v) is 11.9. The molecule has 0 aliphatic rings. The summed E-state index contributed by atoms with van der Waals surface area (Å²) in [6, 6.07) is 8.11. The maximum atomic E-state index is 4.58. The van der Waals surface area contributed by atoms with Crippen molar-refractivity contribution in [3.63, 3.8) is 0 Å². The molecule has 2 aromatic rings. The van der Waals surface area contributed by atoms with Gasteiger partial charge in [0, 0.05) is 108 Å². The van der Waals surface area contributed by atoms with Crippen LogP contribution >= 0.6 is 0 Å². The van der Waals surface area contributed by atoms with E-state index in [-0.39, 0.29) is 51.0 Å². The Kier molecular flexibility index (Phi) is 22.1. The number of rotatable bonds is 6.